The van der Waals surface area contributed by atoms with Crippen molar-refractivity contribution in [3.63, 3.8) is 0 Å². The fraction of sp³-hybridized carbons (Fsp3) is 0.394. The van der Waals surface area contributed by atoms with Gasteiger partial charge < -0.3 is 15.5 Å². The molecule has 4 atom stereocenters. The molecule has 0 aromatic heterocycles. The maximum absolute atomic E-state index is 14.0. The van der Waals surface area contributed by atoms with E-state index in [4.69, 9.17) is 0 Å². The molecule has 3 aromatic rings. The zero-order valence-corrected chi connectivity index (χ0v) is 26.3. The van der Waals surface area contributed by atoms with Crippen LogP contribution >= 0.6 is 0 Å². The normalized spacial score (nSPS) is 18.7. The lowest BCUT2D eigenvalue weighted by atomic mass is 9.87. The number of hydrogen-bond donors (Lipinski definition) is 5. The SMILES string of the molecule is CC(C)(C)[C@H](NS(C)(=O)=O)C(=O)NN(Cc1ccccc1)C[C@@](O)(Cc1ccccc1)C(=O)N[C@H]1c2ccccc2C[C@H]1O. The van der Waals surface area contributed by atoms with Crippen LogP contribution in [0.3, 0.4) is 0 Å². The highest BCUT2D eigenvalue weighted by atomic mass is 32.2. The highest BCUT2D eigenvalue weighted by Crippen LogP contribution is 2.32. The van der Waals surface area contributed by atoms with Gasteiger partial charge in [0.2, 0.25) is 10.0 Å². The summed E-state index contributed by atoms with van der Waals surface area (Å²) in [5.41, 5.74) is 3.10. The Bertz CT molecular complexity index is 1550. The van der Waals surface area contributed by atoms with Gasteiger partial charge in [0.05, 0.1) is 24.9 Å². The zero-order valence-electron chi connectivity index (χ0n) is 25.5. The average molecular weight is 623 g/mol. The van der Waals surface area contributed by atoms with Crippen LogP contribution in [0.5, 0.6) is 0 Å². The number of benzene rings is 3. The standard InChI is InChI=1S/C33H42N4O6S/c1-32(2,3)29(36-44(4,42)43)30(39)35-37(21-24-15-9-6-10-16-24)22-33(41,20-23-13-7-5-8-14-23)31(40)34-28-26-18-12-11-17-25(26)19-27(28)38/h5-18,27-29,36,38,41H,19-22H2,1-4H3,(H,34,40)(H,35,39)/t27-,28+,29-,33+/m1/s1. The molecule has 0 radical (unpaired) electrons. The molecule has 0 bridgehead atoms. The van der Waals surface area contributed by atoms with E-state index < -0.39 is 51.0 Å². The second-order valence-electron chi connectivity index (χ2n) is 12.6. The number of aliphatic hydroxyl groups is 2. The lowest BCUT2D eigenvalue weighted by Gasteiger charge is -2.37. The molecular formula is C33H42N4O6S. The number of carbonyl (C=O) groups is 2. The molecule has 0 heterocycles. The maximum atomic E-state index is 14.0. The molecule has 0 unspecified atom stereocenters. The monoisotopic (exact) mass is 622 g/mol. The van der Waals surface area contributed by atoms with E-state index in [1.165, 1.54) is 5.01 Å². The minimum absolute atomic E-state index is 0.0877. The summed E-state index contributed by atoms with van der Waals surface area (Å²) in [7, 11) is -3.75. The fourth-order valence-electron chi connectivity index (χ4n) is 5.48. The first-order chi connectivity index (χ1) is 20.6. The average Bonchev–Trinajstić information content (AvgIpc) is 3.26. The minimum Gasteiger partial charge on any atom is -0.390 e. The first-order valence-electron chi connectivity index (χ1n) is 14.5. The van der Waals surface area contributed by atoms with E-state index in [0.29, 0.717) is 12.0 Å². The molecule has 1 aliphatic carbocycles. The molecule has 10 nitrogen and oxygen atoms in total. The van der Waals surface area contributed by atoms with Gasteiger partial charge in [0.1, 0.15) is 6.04 Å². The number of carbonyl (C=O) groups excluding carboxylic acids is 2. The Labute approximate surface area is 259 Å². The molecular weight excluding hydrogens is 580 g/mol. The van der Waals surface area contributed by atoms with Gasteiger partial charge >= 0.3 is 0 Å². The Balaban J connectivity index is 1.68. The number of nitrogens with zero attached hydrogens (tertiary/aromatic N) is 1. The molecule has 3 aromatic carbocycles. The van der Waals surface area contributed by atoms with Crippen LogP contribution in [0.25, 0.3) is 0 Å². The van der Waals surface area contributed by atoms with Crippen LogP contribution in [0.4, 0.5) is 0 Å². The van der Waals surface area contributed by atoms with Crippen LogP contribution < -0.4 is 15.5 Å². The molecule has 236 valence electrons. The Kier molecular flexibility index (Phi) is 10.3. The van der Waals surface area contributed by atoms with E-state index >= 15 is 0 Å². The van der Waals surface area contributed by atoms with E-state index in [9.17, 15) is 28.2 Å². The van der Waals surface area contributed by atoms with Crippen molar-refractivity contribution in [1.82, 2.24) is 20.5 Å². The Morgan fingerprint density at radius 1 is 0.932 bits per heavy atom. The predicted octanol–water partition coefficient (Wildman–Crippen LogP) is 2.23. The van der Waals surface area contributed by atoms with Gasteiger partial charge in [-0.25, -0.2) is 18.1 Å². The zero-order chi connectivity index (χ0) is 32.1. The lowest BCUT2D eigenvalue weighted by Crippen LogP contribution is -2.62. The molecule has 0 saturated heterocycles. The van der Waals surface area contributed by atoms with Gasteiger partial charge in [0.25, 0.3) is 11.8 Å². The van der Waals surface area contributed by atoms with Crippen molar-refractivity contribution >= 4 is 21.8 Å². The summed E-state index contributed by atoms with van der Waals surface area (Å²) in [6.45, 7) is 4.98. The molecule has 4 rings (SSSR count). The van der Waals surface area contributed by atoms with E-state index in [0.717, 1.165) is 22.9 Å². The topological polar surface area (TPSA) is 148 Å². The number of sulfonamides is 1. The summed E-state index contributed by atoms with van der Waals surface area (Å²) in [6.07, 6.45) is 0.400. The van der Waals surface area contributed by atoms with Crippen LogP contribution in [0.15, 0.2) is 84.9 Å². The van der Waals surface area contributed by atoms with Crippen molar-refractivity contribution in [2.24, 2.45) is 5.41 Å². The van der Waals surface area contributed by atoms with Crippen LogP contribution in [0.1, 0.15) is 49.1 Å². The van der Waals surface area contributed by atoms with E-state index in [-0.39, 0.29) is 19.5 Å². The van der Waals surface area contributed by atoms with E-state index in [1.807, 2.05) is 60.7 Å². The lowest BCUT2D eigenvalue weighted by molar-refractivity contribution is -0.147. The summed E-state index contributed by atoms with van der Waals surface area (Å²) in [6, 6.07) is 23.8. The maximum Gasteiger partial charge on any atom is 0.254 e. The van der Waals surface area contributed by atoms with Crippen LogP contribution in [0.2, 0.25) is 0 Å². The number of rotatable bonds is 12. The van der Waals surface area contributed by atoms with Gasteiger partial charge in [-0.1, -0.05) is 106 Å². The van der Waals surface area contributed by atoms with Crippen molar-refractivity contribution in [3.8, 4) is 0 Å². The number of aliphatic hydroxyl groups excluding tert-OH is 1. The summed E-state index contributed by atoms with van der Waals surface area (Å²) in [5, 5.41) is 27.3. The van der Waals surface area contributed by atoms with Gasteiger partial charge in [-0.2, -0.15) is 0 Å². The van der Waals surface area contributed by atoms with Gasteiger partial charge in [0, 0.05) is 19.4 Å². The number of hydrazine groups is 1. The van der Waals surface area contributed by atoms with Crippen molar-refractivity contribution in [2.75, 3.05) is 12.8 Å². The summed E-state index contributed by atoms with van der Waals surface area (Å²) in [5.74, 6) is -1.35. The molecule has 0 aliphatic heterocycles. The van der Waals surface area contributed by atoms with Crippen molar-refractivity contribution in [1.29, 1.82) is 0 Å². The molecule has 1 aliphatic rings. The summed E-state index contributed by atoms with van der Waals surface area (Å²) in [4.78, 5) is 27.7. The Hall–Kier alpha value is -3.61. The molecule has 0 fully saturated rings. The fourth-order valence-corrected chi connectivity index (χ4v) is 6.37. The van der Waals surface area contributed by atoms with Crippen molar-refractivity contribution in [2.45, 2.75) is 63.9 Å². The summed E-state index contributed by atoms with van der Waals surface area (Å²) >= 11 is 0. The number of nitrogens with one attached hydrogen (secondary N) is 3. The van der Waals surface area contributed by atoms with Crippen LogP contribution in [-0.2, 0) is 39.0 Å². The van der Waals surface area contributed by atoms with Crippen molar-refractivity contribution in [3.05, 3.63) is 107 Å². The second kappa shape index (κ2) is 13.6. The van der Waals surface area contributed by atoms with E-state index in [2.05, 4.69) is 15.5 Å². The number of amides is 2. The van der Waals surface area contributed by atoms with Crippen LogP contribution in [-0.4, -0.2) is 66.0 Å². The molecule has 2 amide bonds. The molecule has 11 heteroatoms. The first kappa shape index (κ1) is 33.3. The minimum atomic E-state index is -3.75. The number of hydrogen-bond acceptors (Lipinski definition) is 7. The highest BCUT2D eigenvalue weighted by Gasteiger charge is 2.43. The molecule has 44 heavy (non-hydrogen) atoms. The van der Waals surface area contributed by atoms with Gasteiger partial charge in [-0.15, -0.1) is 0 Å². The quantitative estimate of drug-likeness (QED) is 0.195. The predicted molar refractivity (Wildman–Crippen MR) is 168 cm³/mol. The number of fused-ring (bicyclic) bond motifs is 1. The first-order valence-corrected chi connectivity index (χ1v) is 16.4. The third kappa shape index (κ3) is 8.73. The molecule has 5 N–H and O–H groups in total. The molecule has 0 saturated carbocycles. The van der Waals surface area contributed by atoms with Gasteiger partial charge in [-0.3, -0.25) is 15.0 Å². The highest BCUT2D eigenvalue weighted by molar-refractivity contribution is 7.88. The Morgan fingerprint density at radius 2 is 1.50 bits per heavy atom. The third-order valence-corrected chi connectivity index (χ3v) is 8.31. The van der Waals surface area contributed by atoms with Crippen LogP contribution in [0, 0.1) is 5.41 Å². The van der Waals surface area contributed by atoms with Gasteiger partial charge in [-0.05, 0) is 27.7 Å². The van der Waals surface area contributed by atoms with Gasteiger partial charge in [0.15, 0.2) is 5.60 Å². The summed E-state index contributed by atoms with van der Waals surface area (Å²) < 4.78 is 26.7. The molecule has 0 spiro atoms. The van der Waals surface area contributed by atoms with E-state index in [1.54, 1.807) is 45.0 Å². The third-order valence-electron chi connectivity index (χ3n) is 7.65. The second-order valence-corrected chi connectivity index (χ2v) is 14.4. The smallest absolute Gasteiger partial charge is 0.254 e. The Morgan fingerprint density at radius 3 is 2.09 bits per heavy atom. The van der Waals surface area contributed by atoms with Crippen molar-refractivity contribution < 1.29 is 28.2 Å². The largest absolute Gasteiger partial charge is 0.390 e.